The number of hydrogen-bond donors (Lipinski definition) is 4. The van der Waals surface area contributed by atoms with E-state index in [1.807, 2.05) is 0 Å². The summed E-state index contributed by atoms with van der Waals surface area (Å²) >= 11 is 12.3. The third kappa shape index (κ3) is 5.79. The van der Waals surface area contributed by atoms with E-state index >= 15 is 0 Å². The molecule has 1 fully saturated rings. The van der Waals surface area contributed by atoms with Gasteiger partial charge in [0.25, 0.3) is 0 Å². The molecule has 166 valence electrons. The number of carboxylic acid groups (broad SMARTS) is 1. The molecule has 0 saturated heterocycles. The molecule has 1 saturated carbocycles. The molecule has 0 unspecified atom stereocenters. The van der Waals surface area contributed by atoms with Gasteiger partial charge in [0.05, 0.1) is 10.0 Å². The van der Waals surface area contributed by atoms with Crippen LogP contribution < -0.4 is 14.8 Å². The Balaban J connectivity index is 1.82. The van der Waals surface area contributed by atoms with Crippen LogP contribution in [0.15, 0.2) is 35.2 Å². The number of benzene rings is 2. The maximum atomic E-state index is 12.6. The molecular formula is C19H18Cl2N2O7S. The van der Waals surface area contributed by atoms with Gasteiger partial charge in [0.1, 0.15) is 22.8 Å². The van der Waals surface area contributed by atoms with Crippen molar-refractivity contribution in [3.63, 3.8) is 0 Å². The number of carbonyl (C=O) groups is 2. The van der Waals surface area contributed by atoms with Crippen molar-refractivity contribution in [2.45, 2.75) is 36.6 Å². The van der Waals surface area contributed by atoms with E-state index in [9.17, 15) is 23.1 Å². The van der Waals surface area contributed by atoms with Crippen LogP contribution >= 0.6 is 23.2 Å². The molecule has 2 aromatic rings. The number of aromatic hydroxyl groups is 1. The molecule has 0 heterocycles. The molecule has 0 aromatic heterocycles. The number of hydrogen-bond acceptors (Lipinski definition) is 6. The van der Waals surface area contributed by atoms with Crippen molar-refractivity contribution in [3.8, 4) is 17.2 Å². The van der Waals surface area contributed by atoms with Crippen molar-refractivity contribution in [2.75, 3.05) is 5.32 Å². The summed E-state index contributed by atoms with van der Waals surface area (Å²) in [6.07, 6.45) is 1.67. The summed E-state index contributed by atoms with van der Waals surface area (Å²) in [5, 5.41) is 21.0. The predicted molar refractivity (Wildman–Crippen MR) is 113 cm³/mol. The third-order valence-corrected chi connectivity index (χ3v) is 6.57. The first-order valence-electron chi connectivity index (χ1n) is 9.09. The van der Waals surface area contributed by atoms with Crippen molar-refractivity contribution in [3.05, 3.63) is 40.4 Å². The fourth-order valence-corrected chi connectivity index (χ4v) is 4.75. The highest BCUT2D eigenvalue weighted by Gasteiger charge is 2.27. The van der Waals surface area contributed by atoms with Crippen molar-refractivity contribution in [2.24, 2.45) is 0 Å². The average Bonchev–Trinajstić information content (AvgIpc) is 2.62. The van der Waals surface area contributed by atoms with E-state index in [4.69, 9.17) is 33.0 Å². The van der Waals surface area contributed by atoms with Crippen LogP contribution in [0.25, 0.3) is 0 Å². The van der Waals surface area contributed by atoms with Crippen LogP contribution in [-0.4, -0.2) is 36.5 Å². The van der Waals surface area contributed by atoms with Crippen LogP contribution in [-0.2, 0) is 19.6 Å². The molecule has 0 radical (unpaired) electrons. The highest BCUT2D eigenvalue weighted by Crippen LogP contribution is 2.40. The molecule has 3 rings (SSSR count). The van der Waals surface area contributed by atoms with E-state index in [1.165, 1.54) is 24.3 Å². The first kappa shape index (κ1) is 23.1. The lowest BCUT2D eigenvalue weighted by atomic mass is 9.94. The first-order chi connectivity index (χ1) is 14.5. The Bertz CT molecular complexity index is 1110. The Morgan fingerprint density at radius 3 is 2.32 bits per heavy atom. The lowest BCUT2D eigenvalue weighted by Gasteiger charge is -2.26. The van der Waals surface area contributed by atoms with Crippen LogP contribution in [0.4, 0.5) is 5.69 Å². The zero-order chi connectivity index (χ0) is 22.8. The normalized spacial score (nSPS) is 14.0. The number of halogens is 2. The molecule has 0 spiro atoms. The van der Waals surface area contributed by atoms with E-state index in [2.05, 4.69) is 10.0 Å². The van der Waals surface area contributed by atoms with Crippen LogP contribution in [0.5, 0.6) is 17.2 Å². The smallest absolute Gasteiger partial charge is 0.312 e. The van der Waals surface area contributed by atoms with E-state index in [0.717, 1.165) is 25.3 Å². The van der Waals surface area contributed by atoms with Gasteiger partial charge >= 0.3 is 5.97 Å². The van der Waals surface area contributed by atoms with Gasteiger partial charge in [0.2, 0.25) is 15.9 Å². The summed E-state index contributed by atoms with van der Waals surface area (Å²) in [4.78, 5) is 21.8. The van der Waals surface area contributed by atoms with Gasteiger partial charge in [-0.2, -0.15) is 0 Å². The molecular weight excluding hydrogens is 471 g/mol. The van der Waals surface area contributed by atoms with Gasteiger partial charge < -0.3 is 20.3 Å². The fraction of sp³-hybridized carbons (Fsp3) is 0.263. The first-order valence-corrected chi connectivity index (χ1v) is 11.3. The number of ether oxygens (including phenoxy) is 1. The lowest BCUT2D eigenvalue weighted by molar-refractivity contribution is -0.139. The Hall–Kier alpha value is -2.53. The molecule has 31 heavy (non-hydrogen) atoms. The lowest BCUT2D eigenvalue weighted by Crippen LogP contribution is -2.39. The Labute approximate surface area is 188 Å². The highest BCUT2D eigenvalue weighted by molar-refractivity contribution is 7.89. The minimum Gasteiger partial charge on any atom is -0.507 e. The maximum Gasteiger partial charge on any atom is 0.312 e. The average molecular weight is 489 g/mol. The molecule has 1 amide bonds. The second kappa shape index (κ2) is 9.31. The number of anilines is 1. The minimum atomic E-state index is -3.96. The maximum absolute atomic E-state index is 12.6. The SMILES string of the molecule is O=C(O)CC(=O)Nc1cc(Cl)c(Oc2ccc(O)c(S(=O)(=O)NC3CCC3)c2)c(Cl)c1. The van der Waals surface area contributed by atoms with Gasteiger partial charge in [0.15, 0.2) is 5.75 Å². The largest absolute Gasteiger partial charge is 0.507 e. The van der Waals surface area contributed by atoms with Gasteiger partial charge in [0, 0.05) is 17.8 Å². The number of sulfonamides is 1. The van der Waals surface area contributed by atoms with Gasteiger partial charge in [-0.15, -0.1) is 0 Å². The van der Waals surface area contributed by atoms with E-state index in [1.54, 1.807) is 0 Å². The highest BCUT2D eigenvalue weighted by atomic mass is 35.5. The van der Waals surface area contributed by atoms with Crippen molar-refractivity contribution in [1.82, 2.24) is 4.72 Å². The molecule has 9 nitrogen and oxygen atoms in total. The Morgan fingerprint density at radius 1 is 1.13 bits per heavy atom. The van der Waals surface area contributed by atoms with Gasteiger partial charge in [-0.05, 0) is 37.1 Å². The van der Waals surface area contributed by atoms with Gasteiger partial charge in [-0.3, -0.25) is 9.59 Å². The van der Waals surface area contributed by atoms with Crippen LogP contribution in [0.3, 0.4) is 0 Å². The predicted octanol–water partition coefficient (Wildman–Crippen LogP) is 3.74. The standard InChI is InChI=1S/C19H18Cl2N2O7S/c20-13-6-11(22-17(25)9-18(26)27)7-14(21)19(13)30-12-4-5-15(24)16(8-12)31(28,29)23-10-2-1-3-10/h4-8,10,23-24H,1-3,9H2,(H,22,25)(H,26,27). The number of carbonyl (C=O) groups excluding carboxylic acids is 1. The van der Waals surface area contributed by atoms with E-state index < -0.39 is 34.1 Å². The number of phenols is 1. The molecule has 1 aliphatic rings. The molecule has 0 atom stereocenters. The molecule has 2 aromatic carbocycles. The third-order valence-electron chi connectivity index (χ3n) is 4.46. The van der Waals surface area contributed by atoms with Gasteiger partial charge in [-0.1, -0.05) is 29.6 Å². The number of rotatable bonds is 8. The van der Waals surface area contributed by atoms with Crippen molar-refractivity contribution in [1.29, 1.82) is 0 Å². The summed E-state index contributed by atoms with van der Waals surface area (Å²) in [5.74, 6) is -2.45. The zero-order valence-corrected chi connectivity index (χ0v) is 18.2. The topological polar surface area (TPSA) is 142 Å². The summed E-state index contributed by atoms with van der Waals surface area (Å²) in [6.45, 7) is 0. The number of carboxylic acids is 1. The quantitative estimate of drug-likeness (QED) is 0.414. The molecule has 0 aliphatic heterocycles. The summed E-state index contributed by atoms with van der Waals surface area (Å²) < 4.78 is 33.3. The second-order valence-corrected chi connectivity index (χ2v) is 9.37. The summed E-state index contributed by atoms with van der Waals surface area (Å²) in [7, 11) is -3.96. The molecule has 1 aliphatic carbocycles. The van der Waals surface area contributed by atoms with E-state index in [-0.39, 0.29) is 38.2 Å². The fourth-order valence-electron chi connectivity index (χ4n) is 2.77. The van der Waals surface area contributed by atoms with E-state index in [0.29, 0.717) is 0 Å². The second-order valence-electron chi connectivity index (χ2n) is 6.87. The molecule has 4 N–H and O–H groups in total. The zero-order valence-electron chi connectivity index (χ0n) is 15.9. The number of aliphatic carboxylic acids is 1. The molecule has 0 bridgehead atoms. The minimum absolute atomic E-state index is 0.0109. The van der Waals surface area contributed by atoms with Crippen LogP contribution in [0.2, 0.25) is 10.0 Å². The van der Waals surface area contributed by atoms with Crippen molar-refractivity contribution < 1.29 is 33.0 Å². The summed E-state index contributed by atoms with van der Waals surface area (Å²) in [5.41, 5.74) is 0.160. The number of amides is 1. The monoisotopic (exact) mass is 488 g/mol. The Morgan fingerprint density at radius 2 is 1.77 bits per heavy atom. The molecule has 12 heteroatoms. The van der Waals surface area contributed by atoms with Crippen LogP contribution in [0, 0.1) is 0 Å². The number of phenolic OH excluding ortho intramolecular Hbond substituents is 1. The Kier molecular flexibility index (Phi) is 6.95. The summed E-state index contributed by atoms with van der Waals surface area (Å²) in [6, 6.07) is 6.10. The van der Waals surface area contributed by atoms with Crippen LogP contribution in [0.1, 0.15) is 25.7 Å². The van der Waals surface area contributed by atoms with Gasteiger partial charge in [-0.25, -0.2) is 13.1 Å². The van der Waals surface area contributed by atoms with Crippen molar-refractivity contribution >= 4 is 50.8 Å². The number of nitrogens with one attached hydrogen (secondary N) is 2.